The summed E-state index contributed by atoms with van der Waals surface area (Å²) in [7, 11) is 0. The highest BCUT2D eigenvalue weighted by Gasteiger charge is 2.13. The number of nitrogens with one attached hydrogen (secondary N) is 1. The Morgan fingerprint density at radius 3 is 2.80 bits per heavy atom. The lowest BCUT2D eigenvalue weighted by atomic mass is 10.2. The van der Waals surface area contributed by atoms with E-state index in [-0.39, 0.29) is 0 Å². The largest absolute Gasteiger partial charge is 0.370 e. The summed E-state index contributed by atoms with van der Waals surface area (Å²) in [6.07, 6.45) is 1.79. The van der Waals surface area contributed by atoms with Gasteiger partial charge in [0.05, 0.1) is 15.9 Å². The summed E-state index contributed by atoms with van der Waals surface area (Å²) in [5.41, 5.74) is 2.68. The molecule has 0 atom stereocenters. The predicted molar refractivity (Wildman–Crippen MR) is 90.2 cm³/mol. The minimum absolute atomic E-state index is 0.693. The number of benzene rings is 1. The molecule has 7 heteroatoms. The maximum absolute atomic E-state index is 4.65. The lowest BCUT2D eigenvalue weighted by Crippen LogP contribution is -2.03. The number of nitrogens with zero attached hydrogens (tertiary/aromatic N) is 3. The third kappa shape index (κ3) is 2.57. The molecule has 4 nitrogen and oxygen atoms in total. The molecule has 2 heterocycles. The Hall–Kier alpha value is -1.05. The fraction of sp³-hybridized carbons (Fsp3) is 0.154. The summed E-state index contributed by atoms with van der Waals surface area (Å²) in [5.74, 6) is 1.53. The molecular weight excluding hydrogens is 404 g/mol. The number of anilines is 1. The van der Waals surface area contributed by atoms with Crippen LogP contribution in [0.1, 0.15) is 6.92 Å². The van der Waals surface area contributed by atoms with E-state index in [9.17, 15) is 0 Å². The summed E-state index contributed by atoms with van der Waals surface area (Å²) >= 11 is 8.61. The summed E-state index contributed by atoms with van der Waals surface area (Å²) in [4.78, 5) is 14.3. The first-order chi connectivity index (χ1) is 9.69. The molecule has 0 spiro atoms. The van der Waals surface area contributed by atoms with Gasteiger partial charge in [-0.2, -0.15) is 0 Å². The van der Waals surface area contributed by atoms with Crippen LogP contribution >= 0.6 is 43.2 Å². The van der Waals surface area contributed by atoms with Gasteiger partial charge < -0.3 is 5.32 Å². The van der Waals surface area contributed by atoms with E-state index >= 15 is 0 Å². The van der Waals surface area contributed by atoms with Crippen molar-refractivity contribution in [1.82, 2.24) is 15.0 Å². The van der Waals surface area contributed by atoms with Gasteiger partial charge >= 0.3 is 0 Å². The zero-order valence-electron chi connectivity index (χ0n) is 10.5. The smallest absolute Gasteiger partial charge is 0.173 e. The second-order valence-corrected chi connectivity index (χ2v) is 6.73. The van der Waals surface area contributed by atoms with Crippen molar-refractivity contribution in [1.29, 1.82) is 0 Å². The minimum atomic E-state index is 0.693. The number of fused-ring (bicyclic) bond motifs is 1. The van der Waals surface area contributed by atoms with E-state index in [1.807, 2.05) is 19.1 Å². The average Bonchev–Trinajstić information content (AvgIpc) is 2.93. The molecule has 0 bridgehead atoms. The Balaban J connectivity index is 2.30. The number of thiazole rings is 1. The molecule has 0 amide bonds. The minimum Gasteiger partial charge on any atom is -0.370 e. The molecule has 3 rings (SSSR count). The van der Waals surface area contributed by atoms with E-state index in [1.165, 1.54) is 11.3 Å². The van der Waals surface area contributed by atoms with E-state index < -0.39 is 0 Å². The second kappa shape index (κ2) is 5.75. The monoisotopic (exact) mass is 412 g/mol. The molecule has 0 fully saturated rings. The van der Waals surface area contributed by atoms with Crippen LogP contribution in [0.2, 0.25) is 0 Å². The van der Waals surface area contributed by atoms with Crippen LogP contribution in [0.4, 0.5) is 5.82 Å². The molecule has 0 aliphatic heterocycles. The number of hydrogen-bond acceptors (Lipinski definition) is 5. The predicted octanol–water partition coefficient (Wildman–Crippen LogP) is 4.71. The number of rotatable bonds is 3. The topological polar surface area (TPSA) is 50.7 Å². The van der Waals surface area contributed by atoms with Gasteiger partial charge in [0.2, 0.25) is 0 Å². The van der Waals surface area contributed by atoms with E-state index in [2.05, 4.69) is 52.1 Å². The molecule has 1 N–H and O–H groups in total. The van der Waals surface area contributed by atoms with Gasteiger partial charge in [0.1, 0.15) is 5.82 Å². The Morgan fingerprint density at radius 2 is 2.10 bits per heavy atom. The van der Waals surface area contributed by atoms with Crippen LogP contribution in [0.5, 0.6) is 0 Å². The van der Waals surface area contributed by atoms with Crippen molar-refractivity contribution in [3.63, 3.8) is 0 Å². The number of hydrogen-bond donors (Lipinski definition) is 1. The maximum Gasteiger partial charge on any atom is 0.173 e. The van der Waals surface area contributed by atoms with Crippen LogP contribution < -0.4 is 5.32 Å². The summed E-state index contributed by atoms with van der Waals surface area (Å²) < 4.78 is 1.93. The Bertz CT molecular complexity index is 759. The summed E-state index contributed by atoms with van der Waals surface area (Å²) in [6.45, 7) is 2.85. The quantitative estimate of drug-likeness (QED) is 0.675. The molecule has 20 heavy (non-hydrogen) atoms. The molecule has 0 aliphatic rings. The highest BCUT2D eigenvalue weighted by molar-refractivity contribution is 9.11. The van der Waals surface area contributed by atoms with E-state index in [1.54, 1.807) is 11.7 Å². The summed E-state index contributed by atoms with van der Waals surface area (Å²) in [6, 6.07) is 4.01. The van der Waals surface area contributed by atoms with E-state index in [4.69, 9.17) is 0 Å². The molecule has 2 aromatic heterocycles. The van der Waals surface area contributed by atoms with Crippen LogP contribution in [0.3, 0.4) is 0 Å². The molecule has 1 aromatic carbocycles. The van der Waals surface area contributed by atoms with Crippen molar-refractivity contribution in [3.05, 3.63) is 32.8 Å². The third-order valence-corrected chi connectivity index (χ3v) is 4.55. The molecular formula is C13H10Br2N4S. The van der Waals surface area contributed by atoms with Crippen LogP contribution in [0.25, 0.3) is 21.6 Å². The van der Waals surface area contributed by atoms with Gasteiger partial charge in [-0.15, -0.1) is 11.3 Å². The second-order valence-electron chi connectivity index (χ2n) is 4.08. The van der Waals surface area contributed by atoms with E-state index in [0.717, 1.165) is 37.1 Å². The number of aromatic nitrogens is 3. The fourth-order valence-corrected chi connectivity index (χ4v) is 3.76. The lowest BCUT2D eigenvalue weighted by Gasteiger charge is -2.10. The lowest BCUT2D eigenvalue weighted by molar-refractivity contribution is 1.15. The van der Waals surface area contributed by atoms with Gasteiger partial charge in [0.15, 0.2) is 5.82 Å². The van der Waals surface area contributed by atoms with Gasteiger partial charge in [0, 0.05) is 27.1 Å². The van der Waals surface area contributed by atoms with Crippen LogP contribution in [0.15, 0.2) is 32.8 Å². The highest BCUT2D eigenvalue weighted by atomic mass is 79.9. The van der Waals surface area contributed by atoms with Gasteiger partial charge in [-0.25, -0.2) is 9.97 Å². The zero-order chi connectivity index (χ0) is 14.1. The van der Waals surface area contributed by atoms with Gasteiger partial charge in [-0.05, 0) is 35.0 Å². The van der Waals surface area contributed by atoms with Crippen molar-refractivity contribution in [2.24, 2.45) is 0 Å². The third-order valence-electron chi connectivity index (χ3n) is 2.72. The summed E-state index contributed by atoms with van der Waals surface area (Å²) in [5, 5.41) is 4.29. The first kappa shape index (κ1) is 13.9. The van der Waals surface area contributed by atoms with Crippen LogP contribution in [-0.2, 0) is 0 Å². The highest BCUT2D eigenvalue weighted by Crippen LogP contribution is 2.33. The Kier molecular flexibility index (Phi) is 4.00. The SMILES string of the molecule is CCNc1nc(-c2cncs2)nc2c(Br)cc(Br)cc12. The van der Waals surface area contributed by atoms with Crippen molar-refractivity contribution < 1.29 is 0 Å². The van der Waals surface area contributed by atoms with Gasteiger partial charge in [0.25, 0.3) is 0 Å². The van der Waals surface area contributed by atoms with Gasteiger partial charge in [-0.1, -0.05) is 15.9 Å². The Morgan fingerprint density at radius 1 is 1.25 bits per heavy atom. The average molecular weight is 414 g/mol. The first-order valence-electron chi connectivity index (χ1n) is 5.98. The standard InChI is InChI=1S/C13H10Br2N4S/c1-2-17-12-8-3-7(14)4-9(15)11(8)18-13(19-12)10-5-16-6-20-10/h3-6H,2H2,1H3,(H,17,18,19). The molecule has 0 saturated heterocycles. The molecule has 0 radical (unpaired) electrons. The maximum atomic E-state index is 4.65. The van der Waals surface area contributed by atoms with Crippen molar-refractivity contribution in [2.45, 2.75) is 6.92 Å². The molecule has 102 valence electrons. The molecule has 0 aliphatic carbocycles. The van der Waals surface area contributed by atoms with Crippen LogP contribution in [0, 0.1) is 0 Å². The van der Waals surface area contributed by atoms with Gasteiger partial charge in [-0.3, -0.25) is 4.98 Å². The zero-order valence-corrected chi connectivity index (χ0v) is 14.5. The van der Waals surface area contributed by atoms with Crippen LogP contribution in [-0.4, -0.2) is 21.5 Å². The first-order valence-corrected chi connectivity index (χ1v) is 8.45. The number of halogens is 2. The molecule has 0 saturated carbocycles. The van der Waals surface area contributed by atoms with E-state index in [0.29, 0.717) is 5.82 Å². The Labute approximate surface area is 136 Å². The van der Waals surface area contributed by atoms with Crippen molar-refractivity contribution in [2.75, 3.05) is 11.9 Å². The fourth-order valence-electron chi connectivity index (χ4n) is 1.90. The molecule has 0 unspecified atom stereocenters. The van der Waals surface area contributed by atoms with Crippen molar-refractivity contribution >= 4 is 59.9 Å². The normalized spacial score (nSPS) is 10.9. The molecule has 3 aromatic rings. The van der Waals surface area contributed by atoms with Crippen molar-refractivity contribution in [3.8, 4) is 10.7 Å².